The van der Waals surface area contributed by atoms with Crippen molar-refractivity contribution in [3.05, 3.63) is 77.6 Å². The fourth-order valence-electron chi connectivity index (χ4n) is 3.30. The standard InChI is InChI=1S/C23H23N3O6/c1-23(32,22(30)31)13-17(24-20(27)18-12-19(21(28)29)26-25-18)11-14-7-9-16(10-8-14)15-5-3-2-4-6-15/h2-10,12,17,32H,11,13H2,1H3,(H,24,27)(H,25,26)(H,28,29)(H,30,31). The Labute approximate surface area is 183 Å². The Morgan fingerprint density at radius 3 is 2.22 bits per heavy atom. The van der Waals surface area contributed by atoms with Crippen LogP contribution in [0.25, 0.3) is 11.1 Å². The molecule has 2 unspecified atom stereocenters. The molecule has 2 aromatic carbocycles. The number of rotatable bonds is 9. The zero-order valence-electron chi connectivity index (χ0n) is 17.3. The van der Waals surface area contributed by atoms with Crippen LogP contribution in [-0.2, 0) is 11.2 Å². The third-order valence-corrected chi connectivity index (χ3v) is 5.02. The SMILES string of the molecule is CC(O)(CC(Cc1ccc(-c2ccccc2)cc1)NC(=O)c1cc(C(=O)O)[nH]n1)C(=O)O. The van der Waals surface area contributed by atoms with Gasteiger partial charge in [-0.1, -0.05) is 54.6 Å². The zero-order valence-corrected chi connectivity index (χ0v) is 17.3. The van der Waals surface area contributed by atoms with E-state index in [1.54, 1.807) is 0 Å². The molecule has 3 rings (SSSR count). The third-order valence-electron chi connectivity index (χ3n) is 5.02. The lowest BCUT2D eigenvalue weighted by Gasteiger charge is -2.26. The summed E-state index contributed by atoms with van der Waals surface area (Å²) < 4.78 is 0. The molecule has 166 valence electrons. The molecule has 0 aliphatic carbocycles. The van der Waals surface area contributed by atoms with Crippen molar-refractivity contribution < 1.29 is 29.7 Å². The highest BCUT2D eigenvalue weighted by atomic mass is 16.4. The Morgan fingerprint density at radius 1 is 1.03 bits per heavy atom. The smallest absolute Gasteiger partial charge is 0.353 e. The number of carbonyl (C=O) groups excluding carboxylic acids is 1. The molecule has 1 amide bonds. The molecule has 5 N–H and O–H groups in total. The minimum absolute atomic E-state index is 0.151. The molecule has 3 aromatic rings. The first-order valence-corrected chi connectivity index (χ1v) is 9.85. The van der Waals surface area contributed by atoms with Gasteiger partial charge in [0.15, 0.2) is 11.3 Å². The molecule has 0 aliphatic heterocycles. The fraction of sp³-hybridized carbons (Fsp3) is 0.217. The molecule has 0 aliphatic rings. The first kappa shape index (κ1) is 22.7. The number of aromatic nitrogens is 2. The summed E-state index contributed by atoms with van der Waals surface area (Å²) in [6.07, 6.45) is -0.00876. The van der Waals surface area contributed by atoms with E-state index in [-0.39, 0.29) is 24.2 Å². The average Bonchev–Trinajstić information content (AvgIpc) is 3.25. The second kappa shape index (κ2) is 9.44. The molecule has 0 fully saturated rings. The normalized spacial score (nSPS) is 13.7. The van der Waals surface area contributed by atoms with Gasteiger partial charge in [0.25, 0.3) is 5.91 Å². The van der Waals surface area contributed by atoms with E-state index in [0.29, 0.717) is 0 Å². The lowest BCUT2D eigenvalue weighted by molar-refractivity contribution is -0.157. The molecule has 1 heterocycles. The van der Waals surface area contributed by atoms with Gasteiger partial charge in [-0.05, 0) is 30.0 Å². The van der Waals surface area contributed by atoms with Gasteiger partial charge < -0.3 is 20.6 Å². The van der Waals surface area contributed by atoms with E-state index in [9.17, 15) is 24.6 Å². The summed E-state index contributed by atoms with van der Waals surface area (Å²) in [4.78, 5) is 35.0. The summed E-state index contributed by atoms with van der Waals surface area (Å²) in [6, 6.07) is 17.7. The minimum atomic E-state index is -2.07. The highest BCUT2D eigenvalue weighted by Gasteiger charge is 2.34. The predicted octanol–water partition coefficient (Wildman–Crippen LogP) is 2.34. The van der Waals surface area contributed by atoms with Crippen LogP contribution in [0, 0.1) is 0 Å². The second-order valence-corrected chi connectivity index (χ2v) is 7.69. The summed E-state index contributed by atoms with van der Waals surface area (Å²) in [5, 5.41) is 37.1. The van der Waals surface area contributed by atoms with Gasteiger partial charge in [0.2, 0.25) is 0 Å². The number of nitrogens with zero attached hydrogens (tertiary/aromatic N) is 1. The topological polar surface area (TPSA) is 153 Å². The number of aromatic amines is 1. The summed E-state index contributed by atoms with van der Waals surface area (Å²) in [7, 11) is 0. The number of hydrogen-bond acceptors (Lipinski definition) is 5. The summed E-state index contributed by atoms with van der Waals surface area (Å²) in [5.74, 6) is -3.36. The Balaban J connectivity index is 1.78. The van der Waals surface area contributed by atoms with E-state index in [2.05, 4.69) is 15.5 Å². The minimum Gasteiger partial charge on any atom is -0.479 e. The average molecular weight is 437 g/mol. The molecule has 32 heavy (non-hydrogen) atoms. The Hall–Kier alpha value is -3.98. The molecule has 9 heteroatoms. The first-order chi connectivity index (χ1) is 15.2. The number of aliphatic hydroxyl groups is 1. The van der Waals surface area contributed by atoms with Crippen LogP contribution in [0.2, 0.25) is 0 Å². The summed E-state index contributed by atoms with van der Waals surface area (Å²) in [5.41, 5.74) is 0.405. The van der Waals surface area contributed by atoms with Crippen LogP contribution in [0.3, 0.4) is 0 Å². The number of amides is 1. The molecule has 9 nitrogen and oxygen atoms in total. The van der Waals surface area contributed by atoms with Gasteiger partial charge in [0.1, 0.15) is 5.69 Å². The fourth-order valence-corrected chi connectivity index (χ4v) is 3.30. The maximum atomic E-state index is 12.6. The highest BCUT2D eigenvalue weighted by molar-refractivity contribution is 5.95. The van der Waals surface area contributed by atoms with Crippen molar-refractivity contribution in [1.82, 2.24) is 15.5 Å². The van der Waals surface area contributed by atoms with E-state index in [4.69, 9.17) is 5.11 Å². The van der Waals surface area contributed by atoms with E-state index in [0.717, 1.165) is 29.7 Å². The maximum Gasteiger partial charge on any atom is 0.353 e. The Kier molecular flexibility index (Phi) is 6.70. The highest BCUT2D eigenvalue weighted by Crippen LogP contribution is 2.21. The van der Waals surface area contributed by atoms with Gasteiger partial charge in [-0.2, -0.15) is 5.10 Å². The Bertz CT molecular complexity index is 1110. The van der Waals surface area contributed by atoms with Gasteiger partial charge >= 0.3 is 11.9 Å². The van der Waals surface area contributed by atoms with Crippen molar-refractivity contribution in [1.29, 1.82) is 0 Å². The second-order valence-electron chi connectivity index (χ2n) is 7.69. The lowest BCUT2D eigenvalue weighted by Crippen LogP contribution is -2.46. The molecule has 0 saturated heterocycles. The largest absolute Gasteiger partial charge is 0.479 e. The third kappa shape index (κ3) is 5.58. The molecule has 0 saturated carbocycles. The van der Waals surface area contributed by atoms with Gasteiger partial charge in [-0.15, -0.1) is 0 Å². The number of carboxylic acids is 2. The van der Waals surface area contributed by atoms with Crippen molar-refractivity contribution in [3.8, 4) is 11.1 Å². The number of nitrogens with one attached hydrogen (secondary N) is 2. The molecule has 0 radical (unpaired) electrons. The molecular formula is C23H23N3O6. The van der Waals surface area contributed by atoms with Gasteiger partial charge in [-0.25, -0.2) is 9.59 Å². The van der Waals surface area contributed by atoms with Crippen molar-refractivity contribution in [3.63, 3.8) is 0 Å². The van der Waals surface area contributed by atoms with Crippen LogP contribution in [0.15, 0.2) is 60.7 Å². The number of benzene rings is 2. The van der Waals surface area contributed by atoms with Gasteiger partial charge in [-0.3, -0.25) is 9.89 Å². The zero-order chi connectivity index (χ0) is 23.3. The number of aliphatic carboxylic acids is 1. The molecule has 1 aromatic heterocycles. The van der Waals surface area contributed by atoms with E-state index in [1.165, 1.54) is 0 Å². The number of hydrogen-bond donors (Lipinski definition) is 5. The van der Waals surface area contributed by atoms with E-state index in [1.807, 2.05) is 54.6 Å². The molecule has 0 spiro atoms. The van der Waals surface area contributed by atoms with E-state index < -0.39 is 29.5 Å². The number of aromatic carboxylic acids is 1. The maximum absolute atomic E-state index is 12.6. The molecular weight excluding hydrogens is 414 g/mol. The Morgan fingerprint density at radius 2 is 1.66 bits per heavy atom. The van der Waals surface area contributed by atoms with Gasteiger partial charge in [0, 0.05) is 18.5 Å². The van der Waals surface area contributed by atoms with Crippen molar-refractivity contribution in [2.75, 3.05) is 0 Å². The van der Waals surface area contributed by atoms with Crippen LogP contribution < -0.4 is 5.32 Å². The number of H-pyrrole nitrogens is 1. The predicted molar refractivity (Wildman–Crippen MR) is 115 cm³/mol. The first-order valence-electron chi connectivity index (χ1n) is 9.85. The number of carbonyl (C=O) groups is 3. The lowest BCUT2D eigenvalue weighted by atomic mass is 9.92. The summed E-state index contributed by atoms with van der Waals surface area (Å²) in [6.45, 7) is 1.16. The molecule has 2 atom stereocenters. The van der Waals surface area contributed by atoms with Gasteiger partial charge in [0.05, 0.1) is 0 Å². The number of carboxylic acid groups (broad SMARTS) is 2. The van der Waals surface area contributed by atoms with Crippen molar-refractivity contribution in [2.24, 2.45) is 0 Å². The molecule has 0 bridgehead atoms. The summed E-state index contributed by atoms with van der Waals surface area (Å²) >= 11 is 0. The van der Waals surface area contributed by atoms with Crippen LogP contribution >= 0.6 is 0 Å². The van der Waals surface area contributed by atoms with Crippen LogP contribution in [0.1, 0.15) is 39.9 Å². The van der Waals surface area contributed by atoms with Crippen molar-refractivity contribution >= 4 is 17.8 Å². The monoisotopic (exact) mass is 437 g/mol. The van der Waals surface area contributed by atoms with E-state index >= 15 is 0 Å². The van der Waals surface area contributed by atoms with Crippen LogP contribution in [0.4, 0.5) is 0 Å². The van der Waals surface area contributed by atoms with Crippen molar-refractivity contribution in [2.45, 2.75) is 31.4 Å². The quantitative estimate of drug-likeness (QED) is 0.344. The van der Waals surface area contributed by atoms with Crippen LogP contribution in [-0.4, -0.2) is 55.0 Å². The van der Waals surface area contributed by atoms with Crippen LogP contribution in [0.5, 0.6) is 0 Å².